The minimum absolute atomic E-state index is 0.144. The highest BCUT2D eigenvalue weighted by Gasteiger charge is 2.23. The molecule has 19 heavy (non-hydrogen) atoms. The number of aromatic nitrogens is 3. The van der Waals surface area contributed by atoms with E-state index >= 15 is 0 Å². The second-order valence-corrected chi connectivity index (χ2v) is 5.52. The number of nitrogens with one attached hydrogen (secondary N) is 1. The van der Waals surface area contributed by atoms with E-state index in [1.807, 2.05) is 16.4 Å². The maximum atomic E-state index is 9.05. The van der Waals surface area contributed by atoms with Crippen molar-refractivity contribution in [1.29, 1.82) is 0 Å². The van der Waals surface area contributed by atoms with Gasteiger partial charge in [-0.3, -0.25) is 4.68 Å². The summed E-state index contributed by atoms with van der Waals surface area (Å²) in [6.07, 6.45) is 5.31. The third-order valence-corrected chi connectivity index (χ3v) is 4.22. The lowest BCUT2D eigenvalue weighted by Gasteiger charge is -2.24. The molecule has 6 heteroatoms. The van der Waals surface area contributed by atoms with Gasteiger partial charge in [-0.1, -0.05) is 0 Å². The summed E-state index contributed by atoms with van der Waals surface area (Å²) in [5.74, 6) is 0. The van der Waals surface area contributed by atoms with Crippen LogP contribution in [-0.4, -0.2) is 26.5 Å². The molecule has 2 N–H and O–H groups in total. The average Bonchev–Trinajstić information content (AvgIpc) is 3.07. The van der Waals surface area contributed by atoms with Crippen LogP contribution in [0.1, 0.15) is 35.8 Å². The predicted molar refractivity (Wildman–Crippen MR) is 73.9 cm³/mol. The number of rotatable bonds is 5. The fourth-order valence-corrected chi connectivity index (χ4v) is 3.23. The fraction of sp³-hybridized carbons (Fsp3) is 0.538. The number of hydrogen-bond acceptors (Lipinski definition) is 5. The van der Waals surface area contributed by atoms with Crippen LogP contribution in [0.5, 0.6) is 0 Å². The van der Waals surface area contributed by atoms with Gasteiger partial charge >= 0.3 is 0 Å². The first-order valence-electron chi connectivity index (χ1n) is 6.64. The number of hydrogen-bond donors (Lipinski definition) is 2. The molecule has 0 saturated heterocycles. The van der Waals surface area contributed by atoms with Crippen molar-refractivity contribution in [3.05, 3.63) is 34.0 Å². The van der Waals surface area contributed by atoms with Crippen LogP contribution in [0.3, 0.4) is 0 Å². The Morgan fingerprint density at radius 1 is 1.53 bits per heavy atom. The van der Waals surface area contributed by atoms with Crippen LogP contribution in [0.25, 0.3) is 0 Å². The minimum Gasteiger partial charge on any atom is -0.394 e. The van der Waals surface area contributed by atoms with E-state index in [1.54, 1.807) is 11.3 Å². The molecule has 0 aliphatic heterocycles. The summed E-state index contributed by atoms with van der Waals surface area (Å²) in [6.45, 7) is 1.54. The molecule has 3 rings (SSSR count). The zero-order valence-electron chi connectivity index (χ0n) is 10.7. The van der Waals surface area contributed by atoms with Crippen molar-refractivity contribution < 1.29 is 5.11 Å². The maximum absolute atomic E-state index is 9.05. The number of thiazole rings is 1. The van der Waals surface area contributed by atoms with Gasteiger partial charge in [0.25, 0.3) is 0 Å². The van der Waals surface area contributed by atoms with Gasteiger partial charge in [0, 0.05) is 29.2 Å². The van der Waals surface area contributed by atoms with Crippen molar-refractivity contribution in [3.63, 3.8) is 0 Å². The molecule has 0 amide bonds. The number of fused-ring (bicyclic) bond motifs is 1. The first-order valence-corrected chi connectivity index (χ1v) is 7.58. The zero-order chi connectivity index (χ0) is 13.1. The molecular formula is C13H18N4OS. The Kier molecular flexibility index (Phi) is 3.91. The van der Waals surface area contributed by atoms with Gasteiger partial charge in [0.1, 0.15) is 0 Å². The van der Waals surface area contributed by atoms with Crippen molar-refractivity contribution >= 4 is 11.3 Å². The van der Waals surface area contributed by atoms with Gasteiger partial charge in [-0.05, 0) is 19.3 Å². The molecule has 1 aliphatic rings. The lowest BCUT2D eigenvalue weighted by molar-refractivity contribution is 0.266. The Balaban J connectivity index is 1.71. The molecule has 0 bridgehead atoms. The molecule has 0 spiro atoms. The molecule has 0 aromatic carbocycles. The van der Waals surface area contributed by atoms with Crippen LogP contribution in [0.2, 0.25) is 0 Å². The van der Waals surface area contributed by atoms with Crippen molar-refractivity contribution in [2.75, 3.05) is 6.61 Å². The van der Waals surface area contributed by atoms with Gasteiger partial charge in [0.2, 0.25) is 0 Å². The number of aliphatic hydroxyl groups is 1. The molecule has 1 aliphatic carbocycles. The third kappa shape index (κ3) is 2.70. The Morgan fingerprint density at radius 2 is 2.47 bits per heavy atom. The predicted octanol–water partition coefficient (Wildman–Crippen LogP) is 1.50. The van der Waals surface area contributed by atoms with Crippen LogP contribution in [-0.2, 0) is 19.5 Å². The lowest BCUT2D eigenvalue weighted by Crippen LogP contribution is -2.25. The Morgan fingerprint density at radius 3 is 3.26 bits per heavy atom. The number of nitrogens with zero attached hydrogens (tertiary/aromatic N) is 3. The monoisotopic (exact) mass is 278 g/mol. The standard InChI is InChI=1S/C13H18N4OS/c18-5-4-17-13-3-1-2-12(11(13)7-16-17)14-6-10-8-19-9-15-10/h7-9,12,14,18H,1-6H2. The smallest absolute Gasteiger partial charge is 0.0795 e. The molecule has 0 fully saturated rings. The summed E-state index contributed by atoms with van der Waals surface area (Å²) in [6, 6.07) is 0.359. The molecule has 2 heterocycles. The molecule has 1 unspecified atom stereocenters. The summed E-state index contributed by atoms with van der Waals surface area (Å²) in [5, 5.41) is 19.1. The summed E-state index contributed by atoms with van der Waals surface area (Å²) >= 11 is 1.63. The lowest BCUT2D eigenvalue weighted by atomic mass is 9.93. The van der Waals surface area contributed by atoms with Gasteiger partial charge in [-0.15, -0.1) is 11.3 Å². The third-order valence-electron chi connectivity index (χ3n) is 3.59. The van der Waals surface area contributed by atoms with Crippen LogP contribution in [0, 0.1) is 0 Å². The summed E-state index contributed by atoms with van der Waals surface area (Å²) in [4.78, 5) is 4.29. The van der Waals surface area contributed by atoms with Crippen LogP contribution >= 0.6 is 11.3 Å². The van der Waals surface area contributed by atoms with Crippen molar-refractivity contribution in [2.24, 2.45) is 0 Å². The van der Waals surface area contributed by atoms with Crippen LogP contribution in [0.15, 0.2) is 17.1 Å². The highest BCUT2D eigenvalue weighted by molar-refractivity contribution is 7.07. The van der Waals surface area contributed by atoms with E-state index in [4.69, 9.17) is 5.11 Å². The first kappa shape index (κ1) is 12.8. The van der Waals surface area contributed by atoms with E-state index in [1.165, 1.54) is 17.7 Å². The first-order chi connectivity index (χ1) is 9.38. The van der Waals surface area contributed by atoms with E-state index in [0.717, 1.165) is 25.1 Å². The molecule has 2 aromatic heterocycles. The van der Waals surface area contributed by atoms with Crippen molar-refractivity contribution in [2.45, 2.75) is 38.4 Å². The molecule has 5 nitrogen and oxygen atoms in total. The topological polar surface area (TPSA) is 63.0 Å². The molecule has 0 radical (unpaired) electrons. The van der Waals surface area contributed by atoms with E-state index in [-0.39, 0.29) is 6.61 Å². The zero-order valence-corrected chi connectivity index (χ0v) is 11.6. The van der Waals surface area contributed by atoms with E-state index in [2.05, 4.69) is 20.8 Å². The summed E-state index contributed by atoms with van der Waals surface area (Å²) in [7, 11) is 0. The van der Waals surface area contributed by atoms with Crippen molar-refractivity contribution in [3.8, 4) is 0 Å². The number of aliphatic hydroxyl groups excluding tert-OH is 1. The van der Waals surface area contributed by atoms with Gasteiger partial charge in [-0.25, -0.2) is 4.98 Å². The van der Waals surface area contributed by atoms with E-state index < -0.39 is 0 Å². The maximum Gasteiger partial charge on any atom is 0.0795 e. The van der Waals surface area contributed by atoms with Gasteiger partial charge in [-0.2, -0.15) is 5.10 Å². The van der Waals surface area contributed by atoms with E-state index in [0.29, 0.717) is 12.6 Å². The van der Waals surface area contributed by atoms with Crippen molar-refractivity contribution in [1.82, 2.24) is 20.1 Å². The minimum atomic E-state index is 0.144. The van der Waals surface area contributed by atoms with Crippen LogP contribution in [0.4, 0.5) is 0 Å². The van der Waals surface area contributed by atoms with Gasteiger partial charge < -0.3 is 10.4 Å². The molecule has 102 valence electrons. The average molecular weight is 278 g/mol. The highest BCUT2D eigenvalue weighted by atomic mass is 32.1. The Labute approximate surface area is 116 Å². The van der Waals surface area contributed by atoms with Gasteiger partial charge in [0.15, 0.2) is 0 Å². The highest BCUT2D eigenvalue weighted by Crippen LogP contribution is 2.29. The normalized spacial score (nSPS) is 18.5. The van der Waals surface area contributed by atoms with Gasteiger partial charge in [0.05, 0.1) is 30.6 Å². The Hall–Kier alpha value is -1.24. The molecule has 1 atom stereocenters. The summed E-state index contributed by atoms with van der Waals surface area (Å²) in [5.41, 5.74) is 5.52. The largest absolute Gasteiger partial charge is 0.394 e. The molecule has 0 saturated carbocycles. The fourth-order valence-electron chi connectivity index (χ4n) is 2.67. The van der Waals surface area contributed by atoms with Crippen LogP contribution < -0.4 is 5.32 Å². The Bertz CT molecular complexity index is 523. The molecule has 2 aromatic rings. The second kappa shape index (κ2) is 5.81. The SMILES string of the molecule is OCCn1ncc2c1CCCC2NCc1cscn1. The quantitative estimate of drug-likeness (QED) is 0.870. The summed E-state index contributed by atoms with van der Waals surface area (Å²) < 4.78 is 1.94. The van der Waals surface area contributed by atoms with E-state index in [9.17, 15) is 0 Å². The second-order valence-electron chi connectivity index (χ2n) is 4.80. The molecular weight excluding hydrogens is 260 g/mol.